The fraction of sp³-hybridized carbons (Fsp3) is 0.0769. The van der Waals surface area contributed by atoms with Gasteiger partial charge in [0.2, 0.25) is 0 Å². The fourth-order valence-corrected chi connectivity index (χ4v) is 1.80. The highest BCUT2D eigenvalue weighted by Crippen LogP contribution is 2.18. The summed E-state index contributed by atoms with van der Waals surface area (Å²) in [7, 11) is 0. The largest absolute Gasteiger partial charge is 0.399 e. The number of hydrogen-bond acceptors (Lipinski definition) is 3. The molecule has 2 N–H and O–H groups in total. The quantitative estimate of drug-likeness (QED) is 0.645. The van der Waals surface area contributed by atoms with E-state index in [2.05, 4.69) is 10.1 Å². The lowest BCUT2D eigenvalue weighted by molar-refractivity contribution is 0.905. The number of fused-ring (bicyclic) bond motifs is 1. The molecule has 3 aromatic rings. The molecular weight excluding hydrogens is 212 g/mol. The molecule has 0 atom stereocenters. The Balaban J connectivity index is 2.17. The highest BCUT2D eigenvalue weighted by molar-refractivity contribution is 5.62. The van der Waals surface area contributed by atoms with Crippen molar-refractivity contribution in [2.24, 2.45) is 0 Å². The smallest absolute Gasteiger partial charge is 0.153 e. The molecule has 17 heavy (non-hydrogen) atoms. The van der Waals surface area contributed by atoms with Gasteiger partial charge in [-0.05, 0) is 31.2 Å². The number of aryl methyl sites for hydroxylation is 1. The molecule has 2 aromatic heterocycles. The van der Waals surface area contributed by atoms with Crippen molar-refractivity contribution in [1.82, 2.24) is 14.6 Å². The van der Waals surface area contributed by atoms with Crippen LogP contribution in [0, 0.1) is 6.92 Å². The minimum absolute atomic E-state index is 0.758. The van der Waals surface area contributed by atoms with Gasteiger partial charge in [0.05, 0.1) is 17.6 Å². The maximum Gasteiger partial charge on any atom is 0.153 e. The molecule has 4 heteroatoms. The number of rotatable bonds is 1. The topological polar surface area (TPSA) is 56.2 Å². The third kappa shape index (κ3) is 1.63. The molecule has 0 unspecified atom stereocenters. The molecule has 3 rings (SSSR count). The van der Waals surface area contributed by atoms with Crippen LogP contribution >= 0.6 is 0 Å². The van der Waals surface area contributed by atoms with Gasteiger partial charge < -0.3 is 5.73 Å². The molecule has 4 nitrogen and oxygen atoms in total. The van der Waals surface area contributed by atoms with E-state index in [4.69, 9.17) is 5.73 Å². The van der Waals surface area contributed by atoms with Gasteiger partial charge in [0, 0.05) is 11.3 Å². The summed E-state index contributed by atoms with van der Waals surface area (Å²) in [6.45, 7) is 1.99. The first-order valence-electron chi connectivity index (χ1n) is 5.41. The Morgan fingerprint density at radius 1 is 1.06 bits per heavy atom. The zero-order valence-electron chi connectivity index (χ0n) is 9.46. The Labute approximate surface area is 98.7 Å². The number of hydrogen-bond donors (Lipinski definition) is 1. The predicted molar refractivity (Wildman–Crippen MR) is 67.6 cm³/mol. The van der Waals surface area contributed by atoms with Crippen molar-refractivity contribution in [1.29, 1.82) is 0 Å². The van der Waals surface area contributed by atoms with Gasteiger partial charge in [-0.15, -0.1) is 0 Å². The third-order valence-electron chi connectivity index (χ3n) is 2.74. The summed E-state index contributed by atoms with van der Waals surface area (Å²) in [5.74, 6) is 0. The zero-order chi connectivity index (χ0) is 11.8. The molecule has 0 spiro atoms. The molecule has 0 aliphatic rings. The predicted octanol–water partition coefficient (Wildman–Crippen LogP) is 2.29. The van der Waals surface area contributed by atoms with E-state index in [-0.39, 0.29) is 0 Å². The number of imidazole rings is 1. The summed E-state index contributed by atoms with van der Waals surface area (Å²) in [6.07, 6.45) is 1.81. The zero-order valence-corrected chi connectivity index (χ0v) is 9.46. The molecule has 84 valence electrons. The number of aromatic nitrogens is 3. The van der Waals surface area contributed by atoms with Gasteiger partial charge in [-0.3, -0.25) is 0 Å². The van der Waals surface area contributed by atoms with Gasteiger partial charge in [-0.2, -0.15) is 5.10 Å². The maximum absolute atomic E-state index is 5.67. The van der Waals surface area contributed by atoms with E-state index < -0.39 is 0 Å². The number of nitrogens with zero attached hydrogens (tertiary/aromatic N) is 3. The van der Waals surface area contributed by atoms with Crippen molar-refractivity contribution >= 4 is 11.3 Å². The van der Waals surface area contributed by atoms with Crippen LogP contribution in [0.1, 0.15) is 5.69 Å². The van der Waals surface area contributed by atoms with Crippen molar-refractivity contribution < 1.29 is 0 Å². The van der Waals surface area contributed by atoms with Gasteiger partial charge in [-0.1, -0.05) is 12.1 Å². The lowest BCUT2D eigenvalue weighted by atomic mass is 10.1. The molecule has 2 heterocycles. The van der Waals surface area contributed by atoms with E-state index in [0.29, 0.717) is 0 Å². The van der Waals surface area contributed by atoms with Crippen LogP contribution in [0.5, 0.6) is 0 Å². The molecular formula is C13H12N4. The van der Waals surface area contributed by atoms with Crippen LogP contribution < -0.4 is 5.73 Å². The second-order valence-corrected chi connectivity index (χ2v) is 4.01. The summed E-state index contributed by atoms with van der Waals surface area (Å²) < 4.78 is 1.84. The van der Waals surface area contributed by atoms with Gasteiger partial charge in [-0.25, -0.2) is 9.50 Å². The van der Waals surface area contributed by atoms with Crippen molar-refractivity contribution in [3.05, 3.63) is 48.3 Å². The molecule has 0 aliphatic heterocycles. The number of anilines is 1. The van der Waals surface area contributed by atoms with E-state index in [0.717, 1.165) is 28.3 Å². The lowest BCUT2D eigenvalue weighted by Crippen LogP contribution is -1.96. The standard InChI is InChI=1S/C13H12N4/c1-9-8-15-13-7-6-12(16-17(9)13)10-2-4-11(14)5-3-10/h2-8H,14H2,1H3. The number of nitrogens with two attached hydrogens (primary N) is 1. The summed E-state index contributed by atoms with van der Waals surface area (Å²) in [4.78, 5) is 4.25. The number of benzene rings is 1. The monoisotopic (exact) mass is 224 g/mol. The van der Waals surface area contributed by atoms with Crippen molar-refractivity contribution in [3.8, 4) is 11.3 Å². The molecule has 0 amide bonds. The third-order valence-corrected chi connectivity index (χ3v) is 2.74. The molecule has 0 saturated carbocycles. The Kier molecular flexibility index (Phi) is 2.08. The van der Waals surface area contributed by atoms with Crippen LogP contribution in [0.3, 0.4) is 0 Å². The summed E-state index contributed by atoms with van der Waals surface area (Å²) in [6, 6.07) is 11.6. The van der Waals surface area contributed by atoms with Crippen LogP contribution in [0.15, 0.2) is 42.6 Å². The summed E-state index contributed by atoms with van der Waals surface area (Å²) in [5.41, 5.74) is 10.3. The Morgan fingerprint density at radius 3 is 2.59 bits per heavy atom. The molecule has 0 radical (unpaired) electrons. The van der Waals surface area contributed by atoms with E-state index >= 15 is 0 Å². The maximum atomic E-state index is 5.67. The second-order valence-electron chi connectivity index (χ2n) is 4.01. The minimum atomic E-state index is 0.758. The van der Waals surface area contributed by atoms with E-state index in [1.807, 2.05) is 54.0 Å². The van der Waals surface area contributed by atoms with Crippen molar-refractivity contribution in [2.75, 3.05) is 5.73 Å². The Bertz CT molecular complexity index is 667. The van der Waals surface area contributed by atoms with E-state index in [1.54, 1.807) is 0 Å². The summed E-state index contributed by atoms with van der Waals surface area (Å²) >= 11 is 0. The molecule has 0 aliphatic carbocycles. The first-order valence-corrected chi connectivity index (χ1v) is 5.41. The normalized spacial score (nSPS) is 10.9. The van der Waals surface area contributed by atoms with Gasteiger partial charge >= 0.3 is 0 Å². The van der Waals surface area contributed by atoms with Crippen LogP contribution in [-0.2, 0) is 0 Å². The molecule has 0 bridgehead atoms. The Hall–Kier alpha value is -2.36. The van der Waals surface area contributed by atoms with Gasteiger partial charge in [0.1, 0.15) is 0 Å². The highest BCUT2D eigenvalue weighted by Gasteiger charge is 2.03. The van der Waals surface area contributed by atoms with E-state index in [9.17, 15) is 0 Å². The van der Waals surface area contributed by atoms with Crippen molar-refractivity contribution in [2.45, 2.75) is 6.92 Å². The van der Waals surface area contributed by atoms with Crippen LogP contribution in [0.25, 0.3) is 16.9 Å². The minimum Gasteiger partial charge on any atom is -0.399 e. The SMILES string of the molecule is Cc1cnc2ccc(-c3ccc(N)cc3)nn12. The first kappa shape index (κ1) is 9.84. The van der Waals surface area contributed by atoms with Crippen molar-refractivity contribution in [3.63, 3.8) is 0 Å². The molecule has 1 aromatic carbocycles. The fourth-order valence-electron chi connectivity index (χ4n) is 1.80. The summed E-state index contributed by atoms with van der Waals surface area (Å²) in [5, 5.41) is 4.55. The van der Waals surface area contributed by atoms with Gasteiger partial charge in [0.25, 0.3) is 0 Å². The average molecular weight is 224 g/mol. The lowest BCUT2D eigenvalue weighted by Gasteiger charge is -2.03. The number of nitrogen functional groups attached to an aromatic ring is 1. The average Bonchev–Trinajstić information content (AvgIpc) is 2.72. The van der Waals surface area contributed by atoms with Crippen LogP contribution in [0.2, 0.25) is 0 Å². The van der Waals surface area contributed by atoms with Crippen LogP contribution in [0.4, 0.5) is 5.69 Å². The Morgan fingerprint density at radius 2 is 1.82 bits per heavy atom. The van der Waals surface area contributed by atoms with Crippen LogP contribution in [-0.4, -0.2) is 14.6 Å². The second kappa shape index (κ2) is 3.59. The highest BCUT2D eigenvalue weighted by atomic mass is 15.3. The molecule has 0 saturated heterocycles. The van der Waals surface area contributed by atoms with E-state index in [1.165, 1.54) is 0 Å². The van der Waals surface area contributed by atoms with Gasteiger partial charge in [0.15, 0.2) is 5.65 Å². The molecule has 0 fully saturated rings. The first-order chi connectivity index (χ1) is 8.24.